The lowest BCUT2D eigenvalue weighted by molar-refractivity contribution is -0.263. The molecule has 0 radical (unpaired) electrons. The summed E-state index contributed by atoms with van der Waals surface area (Å²) in [7, 11) is 0. The van der Waals surface area contributed by atoms with Crippen LogP contribution in [0.4, 0.5) is 0 Å². The summed E-state index contributed by atoms with van der Waals surface area (Å²) in [6.07, 6.45) is 0.998. The Hall–Kier alpha value is -1.13. The third-order valence-corrected chi connectivity index (χ3v) is 1.68. The van der Waals surface area contributed by atoms with Gasteiger partial charge in [-0.05, 0) is 32.4 Å². The average molecular weight is 200 g/mol. The molecule has 1 atom stereocenters. The second-order valence-electron chi connectivity index (χ2n) is 2.87. The number of rotatable bonds is 5. The minimum absolute atomic E-state index is 0.336. The van der Waals surface area contributed by atoms with Crippen molar-refractivity contribution in [1.82, 2.24) is 0 Å². The van der Waals surface area contributed by atoms with E-state index in [1.54, 1.807) is 20.8 Å². The summed E-state index contributed by atoms with van der Waals surface area (Å²) >= 11 is 0. The fourth-order valence-corrected chi connectivity index (χ4v) is 0.767. The third kappa shape index (κ3) is 4.20. The molecular weight excluding hydrogens is 184 g/mol. The van der Waals surface area contributed by atoms with Crippen LogP contribution in [0.1, 0.15) is 20.8 Å². The predicted octanol–water partition coefficient (Wildman–Crippen LogP) is 1.93. The van der Waals surface area contributed by atoms with Gasteiger partial charge in [0, 0.05) is 5.57 Å². The van der Waals surface area contributed by atoms with Crippen molar-refractivity contribution in [2.75, 3.05) is 6.61 Å². The molecule has 0 aromatic carbocycles. The van der Waals surface area contributed by atoms with Gasteiger partial charge in [0.1, 0.15) is 6.10 Å². The lowest BCUT2D eigenvalue weighted by Crippen LogP contribution is -2.10. The van der Waals surface area contributed by atoms with Crippen LogP contribution in [0, 0.1) is 0 Å². The molecule has 0 spiro atoms. The van der Waals surface area contributed by atoms with Crippen molar-refractivity contribution < 1.29 is 19.7 Å². The van der Waals surface area contributed by atoms with Crippen LogP contribution < -0.4 is 0 Å². The van der Waals surface area contributed by atoms with E-state index in [-0.39, 0.29) is 0 Å². The molecule has 14 heavy (non-hydrogen) atoms. The highest BCUT2D eigenvalue weighted by Gasteiger charge is 2.08. The van der Waals surface area contributed by atoms with E-state index >= 15 is 0 Å². The van der Waals surface area contributed by atoms with Crippen molar-refractivity contribution >= 4 is 5.97 Å². The molecule has 0 rings (SSSR count). The van der Waals surface area contributed by atoms with E-state index in [0.29, 0.717) is 17.8 Å². The maximum Gasteiger partial charge on any atom is 0.333 e. The highest BCUT2D eigenvalue weighted by Crippen LogP contribution is 2.08. The molecule has 0 fully saturated rings. The topological polar surface area (TPSA) is 55.8 Å². The Bertz CT molecular complexity index is 243. The predicted molar refractivity (Wildman–Crippen MR) is 52.7 cm³/mol. The van der Waals surface area contributed by atoms with Gasteiger partial charge in [0.25, 0.3) is 0 Å². The van der Waals surface area contributed by atoms with E-state index < -0.39 is 12.1 Å². The van der Waals surface area contributed by atoms with E-state index in [1.807, 2.05) is 0 Å². The van der Waals surface area contributed by atoms with Crippen LogP contribution in [0.25, 0.3) is 0 Å². The van der Waals surface area contributed by atoms with Gasteiger partial charge in [-0.3, -0.25) is 5.26 Å². The number of carbonyl (C=O) groups excluding carboxylic acids is 1. The smallest absolute Gasteiger partial charge is 0.333 e. The Morgan fingerprint density at radius 1 is 1.64 bits per heavy atom. The first-order valence-electron chi connectivity index (χ1n) is 4.37. The van der Waals surface area contributed by atoms with Crippen LogP contribution in [0.3, 0.4) is 0 Å². The second kappa shape index (κ2) is 6.34. The van der Waals surface area contributed by atoms with Gasteiger partial charge in [-0.15, -0.1) is 0 Å². The monoisotopic (exact) mass is 200 g/mol. The zero-order valence-corrected chi connectivity index (χ0v) is 8.74. The highest BCUT2D eigenvalue weighted by atomic mass is 17.1. The van der Waals surface area contributed by atoms with Gasteiger partial charge >= 0.3 is 5.97 Å². The van der Waals surface area contributed by atoms with Crippen molar-refractivity contribution in [2.45, 2.75) is 26.9 Å². The Kier molecular flexibility index (Phi) is 5.83. The number of esters is 1. The van der Waals surface area contributed by atoms with Crippen molar-refractivity contribution in [3.8, 4) is 0 Å². The van der Waals surface area contributed by atoms with Gasteiger partial charge in [-0.25, -0.2) is 9.68 Å². The van der Waals surface area contributed by atoms with Gasteiger partial charge in [0.05, 0.1) is 6.61 Å². The fraction of sp³-hybridized carbons (Fsp3) is 0.500. The number of hydrogen-bond acceptors (Lipinski definition) is 4. The molecular formula is C10H16O4. The summed E-state index contributed by atoms with van der Waals surface area (Å²) in [5.41, 5.74) is 0.943. The number of hydrogen-bond donors (Lipinski definition) is 1. The Balaban J connectivity index is 4.36. The summed E-state index contributed by atoms with van der Waals surface area (Å²) in [6, 6.07) is 0. The molecule has 0 aromatic rings. The van der Waals surface area contributed by atoms with Crippen LogP contribution in [0.5, 0.6) is 0 Å². The molecule has 80 valence electrons. The van der Waals surface area contributed by atoms with Crippen molar-refractivity contribution in [3.05, 3.63) is 23.8 Å². The van der Waals surface area contributed by atoms with E-state index in [0.717, 1.165) is 0 Å². The van der Waals surface area contributed by atoms with Crippen molar-refractivity contribution in [3.63, 3.8) is 0 Å². The van der Waals surface area contributed by atoms with Crippen LogP contribution in [-0.2, 0) is 14.4 Å². The summed E-state index contributed by atoms with van der Waals surface area (Å²) in [5.74, 6) is -0.390. The van der Waals surface area contributed by atoms with E-state index in [4.69, 9.17) is 9.99 Å². The molecule has 0 heterocycles. The van der Waals surface area contributed by atoms with Crippen LogP contribution in [0.15, 0.2) is 23.8 Å². The van der Waals surface area contributed by atoms with Crippen molar-refractivity contribution in [2.24, 2.45) is 0 Å². The fourth-order valence-electron chi connectivity index (χ4n) is 0.767. The normalized spacial score (nSPS) is 13.6. The molecule has 0 aromatic heterocycles. The molecule has 0 aliphatic carbocycles. The second-order valence-corrected chi connectivity index (χ2v) is 2.87. The third-order valence-electron chi connectivity index (χ3n) is 1.68. The highest BCUT2D eigenvalue weighted by molar-refractivity contribution is 5.88. The first-order chi connectivity index (χ1) is 6.52. The van der Waals surface area contributed by atoms with Crippen LogP contribution >= 0.6 is 0 Å². The maximum atomic E-state index is 11.2. The zero-order valence-electron chi connectivity index (χ0n) is 8.74. The van der Waals surface area contributed by atoms with Crippen LogP contribution in [0.2, 0.25) is 0 Å². The quantitative estimate of drug-likeness (QED) is 0.242. The lowest BCUT2D eigenvalue weighted by Gasteiger charge is -2.08. The molecule has 0 saturated heterocycles. The maximum absolute atomic E-state index is 11.2. The number of ether oxygens (including phenoxy) is 1. The minimum atomic E-state index is -0.528. The van der Waals surface area contributed by atoms with Gasteiger partial charge in [0.2, 0.25) is 0 Å². The molecule has 4 nitrogen and oxygen atoms in total. The molecule has 0 aliphatic rings. The molecule has 4 heteroatoms. The largest absolute Gasteiger partial charge is 0.463 e. The Labute approximate surface area is 83.8 Å². The molecule has 1 N–H and O–H groups in total. The minimum Gasteiger partial charge on any atom is -0.463 e. The van der Waals surface area contributed by atoms with Gasteiger partial charge in [-0.1, -0.05) is 6.58 Å². The summed E-state index contributed by atoms with van der Waals surface area (Å²) in [5, 5.41) is 8.35. The summed E-state index contributed by atoms with van der Waals surface area (Å²) < 4.78 is 4.77. The summed E-state index contributed by atoms with van der Waals surface area (Å²) in [6.45, 7) is 8.95. The standard InChI is InChI=1S/C10H16O4/c1-5-13-10(11)8(3)6-7(2)9(4)14-12/h6,9,12H,2,5H2,1,3-4H3/b8-6+/t9-/m1/s1. The van der Waals surface area contributed by atoms with E-state index in [1.165, 1.54) is 6.08 Å². The first kappa shape index (κ1) is 12.9. The van der Waals surface area contributed by atoms with Crippen LogP contribution in [-0.4, -0.2) is 23.9 Å². The van der Waals surface area contributed by atoms with Crippen molar-refractivity contribution in [1.29, 1.82) is 0 Å². The van der Waals surface area contributed by atoms with Gasteiger partial charge in [-0.2, -0.15) is 0 Å². The number of carbonyl (C=O) groups is 1. The average Bonchev–Trinajstić information content (AvgIpc) is 2.16. The zero-order chi connectivity index (χ0) is 11.1. The SMILES string of the molecule is C=C(/C=C(\C)C(=O)OCC)[C@@H](C)OO. The molecule has 0 bridgehead atoms. The van der Waals surface area contributed by atoms with Gasteiger partial charge < -0.3 is 4.74 Å². The summed E-state index contributed by atoms with van der Waals surface area (Å²) in [4.78, 5) is 15.2. The molecule has 0 amide bonds. The Morgan fingerprint density at radius 3 is 2.64 bits per heavy atom. The molecule has 0 aliphatic heterocycles. The Morgan fingerprint density at radius 2 is 2.21 bits per heavy atom. The van der Waals surface area contributed by atoms with E-state index in [2.05, 4.69) is 11.5 Å². The lowest BCUT2D eigenvalue weighted by atomic mass is 10.1. The first-order valence-corrected chi connectivity index (χ1v) is 4.37. The molecule has 0 unspecified atom stereocenters. The van der Waals surface area contributed by atoms with Gasteiger partial charge in [0.15, 0.2) is 0 Å². The van der Waals surface area contributed by atoms with E-state index in [9.17, 15) is 4.79 Å². The molecule has 0 saturated carbocycles.